The third-order valence-corrected chi connectivity index (χ3v) is 3.32. The summed E-state index contributed by atoms with van der Waals surface area (Å²) in [6.07, 6.45) is 0. The smallest absolute Gasteiger partial charge is 0.124 e. The van der Waals surface area contributed by atoms with Crippen molar-refractivity contribution in [3.8, 4) is 5.75 Å². The minimum atomic E-state index is 0.636. The fourth-order valence-corrected chi connectivity index (χ4v) is 2.15. The van der Waals surface area contributed by atoms with Gasteiger partial charge < -0.3 is 15.8 Å². The van der Waals surface area contributed by atoms with Gasteiger partial charge in [0, 0.05) is 29.4 Å². The van der Waals surface area contributed by atoms with Crippen molar-refractivity contribution in [2.24, 2.45) is 0 Å². The maximum absolute atomic E-state index is 6.18. The largest absolute Gasteiger partial charge is 0.496 e. The minimum Gasteiger partial charge on any atom is -0.496 e. The summed E-state index contributed by atoms with van der Waals surface area (Å²) in [4.78, 5) is 0. The van der Waals surface area contributed by atoms with E-state index in [2.05, 4.69) is 5.32 Å². The van der Waals surface area contributed by atoms with Gasteiger partial charge in [-0.15, -0.1) is 0 Å². The monoisotopic (exact) mass is 276 g/mol. The van der Waals surface area contributed by atoms with E-state index >= 15 is 0 Å². The maximum atomic E-state index is 6.18. The molecule has 0 fully saturated rings. The quantitative estimate of drug-likeness (QED) is 0.825. The Morgan fingerprint density at radius 3 is 2.63 bits per heavy atom. The van der Waals surface area contributed by atoms with E-state index in [1.54, 1.807) is 7.11 Å². The molecule has 0 aliphatic rings. The van der Waals surface area contributed by atoms with E-state index in [-0.39, 0.29) is 0 Å². The number of hydrogen-bond acceptors (Lipinski definition) is 3. The summed E-state index contributed by atoms with van der Waals surface area (Å²) in [7, 11) is 1.64. The molecule has 0 atom stereocenters. The van der Waals surface area contributed by atoms with E-state index in [9.17, 15) is 0 Å². The van der Waals surface area contributed by atoms with Crippen LogP contribution in [0.4, 0.5) is 5.69 Å². The van der Waals surface area contributed by atoms with Crippen LogP contribution in [-0.4, -0.2) is 7.11 Å². The van der Waals surface area contributed by atoms with Crippen LogP contribution in [0.3, 0.4) is 0 Å². The van der Waals surface area contributed by atoms with Gasteiger partial charge >= 0.3 is 0 Å². The second-order valence-electron chi connectivity index (χ2n) is 4.22. The number of methoxy groups -OCH3 is 1. The summed E-state index contributed by atoms with van der Waals surface area (Å²) in [6.45, 7) is 1.33. The van der Waals surface area contributed by atoms with Gasteiger partial charge in [-0.05, 0) is 23.8 Å². The van der Waals surface area contributed by atoms with Crippen molar-refractivity contribution in [1.82, 2.24) is 5.32 Å². The van der Waals surface area contributed by atoms with E-state index in [0.29, 0.717) is 18.1 Å². The Morgan fingerprint density at radius 1 is 1.11 bits per heavy atom. The first-order chi connectivity index (χ1) is 9.22. The first-order valence-electron chi connectivity index (χ1n) is 6.08. The molecular formula is C15H17ClN2O. The molecule has 4 heteroatoms. The molecule has 0 saturated carbocycles. The number of para-hydroxylation sites is 1. The van der Waals surface area contributed by atoms with Gasteiger partial charge in [0.2, 0.25) is 0 Å². The molecule has 0 unspecified atom stereocenters. The first kappa shape index (κ1) is 13.7. The Bertz CT molecular complexity index is 558. The molecule has 2 aromatic carbocycles. The molecule has 3 N–H and O–H groups in total. The number of halogens is 1. The van der Waals surface area contributed by atoms with Crippen LogP contribution in [0, 0.1) is 0 Å². The Kier molecular flexibility index (Phi) is 4.66. The van der Waals surface area contributed by atoms with Crippen LogP contribution in [-0.2, 0) is 13.1 Å². The van der Waals surface area contributed by atoms with Gasteiger partial charge in [-0.2, -0.15) is 0 Å². The van der Waals surface area contributed by atoms with Gasteiger partial charge in [0.25, 0.3) is 0 Å². The number of nitrogen functional groups attached to an aromatic ring is 1. The highest BCUT2D eigenvalue weighted by atomic mass is 35.5. The molecule has 0 saturated heterocycles. The van der Waals surface area contributed by atoms with E-state index in [0.717, 1.165) is 22.6 Å². The topological polar surface area (TPSA) is 47.3 Å². The molecule has 3 nitrogen and oxygen atoms in total. The number of rotatable bonds is 5. The number of nitrogens with one attached hydrogen (secondary N) is 1. The van der Waals surface area contributed by atoms with Crippen molar-refractivity contribution in [2.75, 3.05) is 12.8 Å². The second-order valence-corrected chi connectivity index (χ2v) is 4.63. The maximum Gasteiger partial charge on any atom is 0.124 e. The standard InChI is InChI=1S/C15H17ClN2O/c1-19-15-8-4-6-13(16)12(15)10-18-9-11-5-2-3-7-14(11)17/h2-8,18H,9-10,17H2,1H3. The fourth-order valence-electron chi connectivity index (χ4n) is 1.92. The third-order valence-electron chi connectivity index (χ3n) is 2.97. The lowest BCUT2D eigenvalue weighted by Crippen LogP contribution is -2.14. The van der Waals surface area contributed by atoms with E-state index in [1.165, 1.54) is 0 Å². The predicted molar refractivity (Wildman–Crippen MR) is 79.4 cm³/mol. The van der Waals surface area contributed by atoms with Gasteiger partial charge in [-0.25, -0.2) is 0 Å². The lowest BCUT2D eigenvalue weighted by Gasteiger charge is -2.12. The van der Waals surface area contributed by atoms with Crippen LogP contribution in [0.5, 0.6) is 5.75 Å². The van der Waals surface area contributed by atoms with Gasteiger partial charge in [-0.3, -0.25) is 0 Å². The van der Waals surface area contributed by atoms with E-state index < -0.39 is 0 Å². The van der Waals surface area contributed by atoms with Crippen LogP contribution in [0.15, 0.2) is 42.5 Å². The lowest BCUT2D eigenvalue weighted by molar-refractivity contribution is 0.407. The first-order valence-corrected chi connectivity index (χ1v) is 6.45. The summed E-state index contributed by atoms with van der Waals surface area (Å²) in [5.74, 6) is 0.793. The van der Waals surface area contributed by atoms with Crippen LogP contribution < -0.4 is 15.8 Å². The van der Waals surface area contributed by atoms with Crippen molar-refractivity contribution >= 4 is 17.3 Å². The summed E-state index contributed by atoms with van der Waals surface area (Å²) >= 11 is 6.18. The molecule has 19 heavy (non-hydrogen) atoms. The van der Waals surface area contributed by atoms with E-state index in [1.807, 2.05) is 42.5 Å². The highest BCUT2D eigenvalue weighted by molar-refractivity contribution is 6.31. The zero-order chi connectivity index (χ0) is 13.7. The Hall–Kier alpha value is -1.71. The summed E-state index contributed by atoms with van der Waals surface area (Å²) in [5.41, 5.74) is 8.72. The van der Waals surface area contributed by atoms with Crippen molar-refractivity contribution in [3.05, 3.63) is 58.6 Å². The molecule has 0 bridgehead atoms. The lowest BCUT2D eigenvalue weighted by atomic mass is 10.1. The Balaban J connectivity index is 2.02. The van der Waals surface area contributed by atoms with Crippen LogP contribution in [0.2, 0.25) is 5.02 Å². The zero-order valence-electron chi connectivity index (χ0n) is 10.8. The van der Waals surface area contributed by atoms with Crippen LogP contribution >= 0.6 is 11.6 Å². The molecule has 0 aromatic heterocycles. The highest BCUT2D eigenvalue weighted by Crippen LogP contribution is 2.26. The number of hydrogen-bond donors (Lipinski definition) is 2. The van der Waals surface area contributed by atoms with Crippen LogP contribution in [0.25, 0.3) is 0 Å². The van der Waals surface area contributed by atoms with Crippen molar-refractivity contribution in [3.63, 3.8) is 0 Å². The van der Waals surface area contributed by atoms with Gasteiger partial charge in [0.05, 0.1) is 7.11 Å². The summed E-state index contributed by atoms with van der Waals surface area (Å²) < 4.78 is 5.30. The molecule has 0 aliphatic carbocycles. The number of ether oxygens (including phenoxy) is 1. The predicted octanol–water partition coefficient (Wildman–Crippen LogP) is 3.22. The van der Waals surface area contributed by atoms with Crippen molar-refractivity contribution in [2.45, 2.75) is 13.1 Å². The normalized spacial score (nSPS) is 10.4. The molecular weight excluding hydrogens is 260 g/mol. The number of anilines is 1. The molecule has 0 spiro atoms. The molecule has 2 rings (SSSR count). The number of nitrogens with two attached hydrogens (primary N) is 1. The van der Waals surface area contributed by atoms with Gasteiger partial charge in [-0.1, -0.05) is 35.9 Å². The van der Waals surface area contributed by atoms with Gasteiger partial charge in [0.1, 0.15) is 5.75 Å². The summed E-state index contributed by atoms with van der Waals surface area (Å²) in [6, 6.07) is 13.4. The molecule has 0 heterocycles. The third kappa shape index (κ3) is 3.40. The average molecular weight is 277 g/mol. The molecule has 2 aromatic rings. The molecule has 0 aliphatic heterocycles. The minimum absolute atomic E-state index is 0.636. The SMILES string of the molecule is COc1cccc(Cl)c1CNCc1ccccc1N. The van der Waals surface area contributed by atoms with Crippen LogP contribution in [0.1, 0.15) is 11.1 Å². The molecule has 0 amide bonds. The average Bonchev–Trinajstić information content (AvgIpc) is 2.42. The molecule has 100 valence electrons. The highest BCUT2D eigenvalue weighted by Gasteiger charge is 2.07. The van der Waals surface area contributed by atoms with E-state index in [4.69, 9.17) is 22.1 Å². The van der Waals surface area contributed by atoms with Crippen molar-refractivity contribution in [1.29, 1.82) is 0 Å². The van der Waals surface area contributed by atoms with Gasteiger partial charge in [0.15, 0.2) is 0 Å². The Labute approximate surface area is 118 Å². The van der Waals surface area contributed by atoms with Crippen molar-refractivity contribution < 1.29 is 4.74 Å². The summed E-state index contributed by atoms with van der Waals surface area (Å²) in [5, 5.41) is 4.03. The second kappa shape index (κ2) is 6.45. The molecule has 0 radical (unpaired) electrons. The zero-order valence-corrected chi connectivity index (χ0v) is 11.6. The number of benzene rings is 2. The Morgan fingerprint density at radius 2 is 1.89 bits per heavy atom. The fraction of sp³-hybridized carbons (Fsp3) is 0.200.